The SMILES string of the molecule is COc1c(Br)cc(CNC2CCCCC2SC)cc1Br. The fourth-order valence-corrected chi connectivity index (χ4v) is 5.34. The highest BCUT2D eigenvalue weighted by Crippen LogP contribution is 2.34. The third kappa shape index (κ3) is 4.15. The van der Waals surface area contributed by atoms with E-state index in [4.69, 9.17) is 4.74 Å². The van der Waals surface area contributed by atoms with Gasteiger partial charge in [-0.25, -0.2) is 0 Å². The van der Waals surface area contributed by atoms with Gasteiger partial charge in [0.2, 0.25) is 0 Å². The first-order chi connectivity index (χ1) is 9.65. The lowest BCUT2D eigenvalue weighted by molar-refractivity contribution is 0.382. The molecule has 112 valence electrons. The summed E-state index contributed by atoms with van der Waals surface area (Å²) in [6, 6.07) is 4.90. The molecule has 0 spiro atoms. The van der Waals surface area contributed by atoms with Crippen molar-refractivity contribution >= 4 is 43.6 Å². The number of nitrogens with one attached hydrogen (secondary N) is 1. The molecule has 1 saturated carbocycles. The Labute approximate surface area is 142 Å². The zero-order valence-electron chi connectivity index (χ0n) is 11.9. The molecule has 0 amide bonds. The van der Waals surface area contributed by atoms with Crippen LogP contribution in [0.1, 0.15) is 31.2 Å². The van der Waals surface area contributed by atoms with E-state index >= 15 is 0 Å². The molecule has 2 rings (SSSR count). The molecule has 2 unspecified atom stereocenters. The van der Waals surface area contributed by atoms with Crippen LogP contribution in [0.5, 0.6) is 5.75 Å². The number of methoxy groups -OCH3 is 1. The maximum Gasteiger partial charge on any atom is 0.147 e. The first kappa shape index (κ1) is 16.7. The number of hydrogen-bond acceptors (Lipinski definition) is 3. The summed E-state index contributed by atoms with van der Waals surface area (Å²) < 4.78 is 7.34. The second kappa shape index (κ2) is 8.06. The van der Waals surface area contributed by atoms with Crippen molar-refractivity contribution in [3.05, 3.63) is 26.6 Å². The van der Waals surface area contributed by atoms with Gasteiger partial charge in [0, 0.05) is 17.8 Å². The molecular weight excluding hydrogens is 402 g/mol. The van der Waals surface area contributed by atoms with Crippen LogP contribution in [0.3, 0.4) is 0 Å². The number of rotatable bonds is 5. The third-order valence-corrected chi connectivity index (χ3v) is 6.18. The average molecular weight is 423 g/mol. The molecule has 2 atom stereocenters. The number of thioether (sulfide) groups is 1. The summed E-state index contributed by atoms with van der Waals surface area (Å²) in [7, 11) is 1.69. The molecule has 0 bridgehead atoms. The van der Waals surface area contributed by atoms with Gasteiger partial charge in [0.05, 0.1) is 16.1 Å². The quantitative estimate of drug-likeness (QED) is 0.722. The zero-order valence-corrected chi connectivity index (χ0v) is 15.9. The molecule has 5 heteroatoms. The summed E-state index contributed by atoms with van der Waals surface area (Å²) in [6.07, 6.45) is 7.60. The lowest BCUT2D eigenvalue weighted by Crippen LogP contribution is -2.39. The van der Waals surface area contributed by atoms with Crippen molar-refractivity contribution in [1.29, 1.82) is 0 Å². The Morgan fingerprint density at radius 1 is 1.25 bits per heavy atom. The highest BCUT2D eigenvalue weighted by Gasteiger charge is 2.23. The van der Waals surface area contributed by atoms with Gasteiger partial charge in [-0.1, -0.05) is 12.8 Å². The maximum atomic E-state index is 5.34. The highest BCUT2D eigenvalue weighted by atomic mass is 79.9. The van der Waals surface area contributed by atoms with Crippen LogP contribution < -0.4 is 10.1 Å². The van der Waals surface area contributed by atoms with E-state index in [0.29, 0.717) is 6.04 Å². The van der Waals surface area contributed by atoms with Gasteiger partial charge >= 0.3 is 0 Å². The minimum atomic E-state index is 0.637. The topological polar surface area (TPSA) is 21.3 Å². The fraction of sp³-hybridized carbons (Fsp3) is 0.600. The van der Waals surface area contributed by atoms with E-state index in [2.05, 4.69) is 55.6 Å². The Morgan fingerprint density at radius 2 is 1.90 bits per heavy atom. The molecule has 1 N–H and O–H groups in total. The van der Waals surface area contributed by atoms with Crippen molar-refractivity contribution in [2.45, 2.75) is 43.5 Å². The summed E-state index contributed by atoms with van der Waals surface area (Å²) in [5, 5.41) is 4.49. The van der Waals surface area contributed by atoms with Crippen LogP contribution in [-0.2, 0) is 6.54 Å². The van der Waals surface area contributed by atoms with Gasteiger partial charge in [0.1, 0.15) is 5.75 Å². The number of benzene rings is 1. The smallest absolute Gasteiger partial charge is 0.147 e. The van der Waals surface area contributed by atoms with E-state index in [-0.39, 0.29) is 0 Å². The normalized spacial score (nSPS) is 22.8. The van der Waals surface area contributed by atoms with Gasteiger partial charge in [0.15, 0.2) is 0 Å². The van der Waals surface area contributed by atoms with Crippen LogP contribution >= 0.6 is 43.6 Å². The Balaban J connectivity index is 2.00. The van der Waals surface area contributed by atoms with Gasteiger partial charge < -0.3 is 10.1 Å². The molecule has 1 aliphatic rings. The summed E-state index contributed by atoms with van der Waals surface area (Å²) in [4.78, 5) is 0. The predicted molar refractivity (Wildman–Crippen MR) is 94.8 cm³/mol. The molecule has 1 fully saturated rings. The van der Waals surface area contributed by atoms with Gasteiger partial charge in [-0.2, -0.15) is 11.8 Å². The second-order valence-corrected chi connectivity index (χ2v) is 7.92. The van der Waals surface area contributed by atoms with Crippen molar-refractivity contribution in [2.24, 2.45) is 0 Å². The number of ether oxygens (including phenoxy) is 1. The van der Waals surface area contributed by atoms with E-state index in [1.54, 1.807) is 7.11 Å². The van der Waals surface area contributed by atoms with Gasteiger partial charge in [-0.05, 0) is 68.7 Å². The first-order valence-corrected chi connectivity index (χ1v) is 9.81. The third-order valence-electron chi connectivity index (χ3n) is 3.84. The van der Waals surface area contributed by atoms with Crippen molar-refractivity contribution in [3.63, 3.8) is 0 Å². The van der Waals surface area contributed by atoms with Crippen molar-refractivity contribution in [3.8, 4) is 5.75 Å². The van der Waals surface area contributed by atoms with E-state index in [1.165, 1.54) is 31.2 Å². The van der Waals surface area contributed by atoms with Crippen LogP contribution in [-0.4, -0.2) is 24.7 Å². The zero-order chi connectivity index (χ0) is 14.5. The van der Waals surface area contributed by atoms with Crippen LogP contribution in [0.15, 0.2) is 21.1 Å². The highest BCUT2D eigenvalue weighted by molar-refractivity contribution is 9.11. The van der Waals surface area contributed by atoms with Gasteiger partial charge in [-0.3, -0.25) is 0 Å². The van der Waals surface area contributed by atoms with E-state index in [1.807, 2.05) is 11.8 Å². The molecule has 1 aromatic carbocycles. The molecule has 20 heavy (non-hydrogen) atoms. The molecule has 0 saturated heterocycles. The van der Waals surface area contributed by atoms with Crippen LogP contribution in [0, 0.1) is 0 Å². The van der Waals surface area contributed by atoms with Crippen molar-refractivity contribution < 1.29 is 4.74 Å². The van der Waals surface area contributed by atoms with Crippen LogP contribution in [0.4, 0.5) is 0 Å². The monoisotopic (exact) mass is 421 g/mol. The van der Waals surface area contributed by atoms with Crippen molar-refractivity contribution in [1.82, 2.24) is 5.32 Å². The fourth-order valence-electron chi connectivity index (χ4n) is 2.77. The second-order valence-electron chi connectivity index (χ2n) is 5.14. The van der Waals surface area contributed by atoms with E-state index in [9.17, 15) is 0 Å². The molecule has 1 aromatic rings. The molecule has 1 aliphatic carbocycles. The lowest BCUT2D eigenvalue weighted by Gasteiger charge is -2.31. The Bertz CT molecular complexity index is 432. The van der Waals surface area contributed by atoms with E-state index < -0.39 is 0 Å². The molecule has 0 heterocycles. The van der Waals surface area contributed by atoms with E-state index in [0.717, 1.165) is 26.5 Å². The summed E-state index contributed by atoms with van der Waals surface area (Å²) in [5.41, 5.74) is 1.27. The molecule has 0 radical (unpaired) electrons. The maximum absolute atomic E-state index is 5.34. The minimum absolute atomic E-state index is 0.637. The molecule has 2 nitrogen and oxygen atoms in total. The van der Waals surface area contributed by atoms with Gasteiger partial charge in [-0.15, -0.1) is 0 Å². The Morgan fingerprint density at radius 3 is 2.50 bits per heavy atom. The van der Waals surface area contributed by atoms with Gasteiger partial charge in [0.25, 0.3) is 0 Å². The lowest BCUT2D eigenvalue weighted by atomic mass is 9.94. The molecular formula is C15H21Br2NOS. The summed E-state index contributed by atoms with van der Waals surface area (Å²) in [6.45, 7) is 0.906. The summed E-state index contributed by atoms with van der Waals surface area (Å²) >= 11 is 9.13. The van der Waals surface area contributed by atoms with Crippen molar-refractivity contribution in [2.75, 3.05) is 13.4 Å². The minimum Gasteiger partial charge on any atom is -0.494 e. The number of halogens is 2. The van der Waals surface area contributed by atoms with Crippen LogP contribution in [0.25, 0.3) is 0 Å². The molecule has 0 aromatic heterocycles. The summed E-state index contributed by atoms with van der Waals surface area (Å²) in [5.74, 6) is 0.855. The predicted octanol–water partition coefficient (Wildman–Crippen LogP) is 4.98. The standard InChI is InChI=1S/C15H21Br2NOS/c1-19-15-11(16)7-10(8-12(15)17)9-18-13-5-3-4-6-14(13)20-2/h7-8,13-14,18H,3-6,9H2,1-2H3. The largest absolute Gasteiger partial charge is 0.494 e. The average Bonchev–Trinajstić information content (AvgIpc) is 2.45. The first-order valence-electron chi connectivity index (χ1n) is 6.93. The van der Waals surface area contributed by atoms with Crippen LogP contribution in [0.2, 0.25) is 0 Å². The Kier molecular flexibility index (Phi) is 6.72. The number of hydrogen-bond donors (Lipinski definition) is 1. The Hall–Kier alpha value is 0.290. The molecule has 0 aliphatic heterocycles.